The Labute approximate surface area is 153 Å². The number of aliphatic hydroxyl groups excluding tert-OH is 1. The Kier molecular flexibility index (Phi) is 3.65. The number of carboxylic acids is 1. The Balaban J connectivity index is 1.80. The van der Waals surface area contributed by atoms with Crippen LogP contribution in [0.25, 0.3) is 0 Å². The van der Waals surface area contributed by atoms with Crippen molar-refractivity contribution in [3.63, 3.8) is 0 Å². The molecule has 3 saturated carbocycles. The molecule has 0 aliphatic heterocycles. The van der Waals surface area contributed by atoms with Gasteiger partial charge < -0.3 is 15.3 Å². The van der Waals surface area contributed by atoms with Gasteiger partial charge in [0.1, 0.15) is 0 Å². The van der Waals surface area contributed by atoms with Gasteiger partial charge in [-0.1, -0.05) is 32.4 Å². The van der Waals surface area contributed by atoms with Gasteiger partial charge in [-0.05, 0) is 55.6 Å². The zero-order valence-electron chi connectivity index (χ0n) is 15.6. The van der Waals surface area contributed by atoms with Crippen LogP contribution in [0.2, 0.25) is 0 Å². The number of allylic oxidation sites excluding steroid dienone is 4. The summed E-state index contributed by atoms with van der Waals surface area (Å²) in [6.45, 7) is 6.06. The van der Waals surface area contributed by atoms with Crippen molar-refractivity contribution in [2.45, 2.75) is 58.2 Å². The molecule has 4 rings (SSSR count). The molecule has 0 amide bonds. The fourth-order valence-electron chi connectivity index (χ4n) is 7.11. The first-order valence-electron chi connectivity index (χ1n) is 9.64. The number of aliphatic carboxylic acids is 1. The lowest BCUT2D eigenvalue weighted by atomic mass is 9.45. The lowest BCUT2D eigenvalue weighted by molar-refractivity contribution is -0.193. The van der Waals surface area contributed by atoms with Crippen LogP contribution in [0.1, 0.15) is 46.5 Å². The molecule has 0 unspecified atom stereocenters. The molecule has 26 heavy (non-hydrogen) atoms. The number of aliphatic hydroxyl groups is 2. The standard InChI is InChI=1S/C21H28O5/c1-11-8-13-14-5-7-21(26,18(24)25)20(14,3)10-16(23)17(13)19(2)6-4-12(22)9-15(11)19/h4,6,9,11,13-14,16-17,23,26H,5,7-8,10H2,1-3H3,(H,24,25)/t11-,13-,14-,16-,17+,19-,20-,21-/m0/s1. The number of carbonyl (C=O) groups is 2. The third kappa shape index (κ3) is 1.99. The third-order valence-corrected chi connectivity index (χ3v) is 8.32. The highest BCUT2D eigenvalue weighted by atomic mass is 16.4. The fraction of sp³-hybridized carbons (Fsp3) is 0.714. The number of carbonyl (C=O) groups excluding carboxylic acids is 1. The Morgan fingerprint density at radius 1 is 1.31 bits per heavy atom. The van der Waals surface area contributed by atoms with Gasteiger partial charge in [-0.2, -0.15) is 0 Å². The summed E-state index contributed by atoms with van der Waals surface area (Å²) in [5.41, 5.74) is -1.91. The van der Waals surface area contributed by atoms with Gasteiger partial charge >= 0.3 is 5.97 Å². The molecule has 8 atom stereocenters. The van der Waals surface area contributed by atoms with E-state index in [1.807, 2.05) is 13.0 Å². The molecule has 4 aliphatic carbocycles. The maximum Gasteiger partial charge on any atom is 0.336 e. The molecule has 0 aromatic heterocycles. The second kappa shape index (κ2) is 5.29. The minimum Gasteiger partial charge on any atom is -0.479 e. The first-order chi connectivity index (χ1) is 12.0. The number of rotatable bonds is 1. The molecule has 0 radical (unpaired) electrons. The number of carboxylic acid groups (broad SMARTS) is 1. The Morgan fingerprint density at radius 2 is 2.00 bits per heavy atom. The summed E-state index contributed by atoms with van der Waals surface area (Å²) < 4.78 is 0. The summed E-state index contributed by atoms with van der Waals surface area (Å²) >= 11 is 0. The van der Waals surface area contributed by atoms with E-state index in [4.69, 9.17) is 0 Å². The van der Waals surface area contributed by atoms with Crippen LogP contribution in [-0.4, -0.2) is 38.8 Å². The zero-order chi connectivity index (χ0) is 19.1. The van der Waals surface area contributed by atoms with Gasteiger partial charge in [0, 0.05) is 16.7 Å². The molecule has 5 heteroatoms. The van der Waals surface area contributed by atoms with Crippen molar-refractivity contribution >= 4 is 11.8 Å². The molecule has 0 aromatic carbocycles. The topological polar surface area (TPSA) is 94.8 Å². The van der Waals surface area contributed by atoms with Crippen molar-refractivity contribution in [1.82, 2.24) is 0 Å². The van der Waals surface area contributed by atoms with E-state index >= 15 is 0 Å². The predicted molar refractivity (Wildman–Crippen MR) is 95.1 cm³/mol. The van der Waals surface area contributed by atoms with Crippen molar-refractivity contribution in [2.75, 3.05) is 0 Å². The lowest BCUT2D eigenvalue weighted by Crippen LogP contribution is -2.62. The molecule has 4 aliphatic rings. The summed E-state index contributed by atoms with van der Waals surface area (Å²) in [5, 5.41) is 31.8. The number of hydrogen-bond acceptors (Lipinski definition) is 4. The molecule has 0 heterocycles. The molecule has 0 saturated heterocycles. The van der Waals surface area contributed by atoms with Gasteiger partial charge in [-0.25, -0.2) is 4.79 Å². The highest BCUT2D eigenvalue weighted by Crippen LogP contribution is 2.67. The average molecular weight is 360 g/mol. The van der Waals surface area contributed by atoms with Crippen LogP contribution in [0.15, 0.2) is 23.8 Å². The zero-order valence-corrected chi connectivity index (χ0v) is 15.6. The maximum absolute atomic E-state index is 11.9. The molecule has 0 bridgehead atoms. The SMILES string of the molecule is C[C@H]1C[C@@H]2[C@H]([C@@H](O)C[C@@]3(C)[C@H]2CC[C@]3(O)C(=O)O)[C@@]2(C)C=CC(=O)C=C12. The second-order valence-electron chi connectivity index (χ2n) is 9.44. The minimum atomic E-state index is -1.78. The second-order valence-corrected chi connectivity index (χ2v) is 9.44. The van der Waals surface area contributed by atoms with Gasteiger partial charge in [0.15, 0.2) is 11.4 Å². The number of fused-ring (bicyclic) bond motifs is 5. The summed E-state index contributed by atoms with van der Waals surface area (Å²) in [5.74, 6) is -0.839. The molecule has 142 valence electrons. The molecule has 3 N–H and O–H groups in total. The van der Waals surface area contributed by atoms with Crippen molar-refractivity contribution in [1.29, 1.82) is 0 Å². The fourth-order valence-corrected chi connectivity index (χ4v) is 7.11. The third-order valence-electron chi connectivity index (χ3n) is 8.32. The maximum atomic E-state index is 11.9. The predicted octanol–water partition coefficient (Wildman–Crippen LogP) is 2.33. The van der Waals surface area contributed by atoms with E-state index < -0.39 is 23.1 Å². The van der Waals surface area contributed by atoms with Crippen LogP contribution in [0, 0.1) is 34.5 Å². The largest absolute Gasteiger partial charge is 0.479 e. The number of hydrogen-bond donors (Lipinski definition) is 3. The number of ketones is 1. The van der Waals surface area contributed by atoms with Crippen LogP contribution < -0.4 is 0 Å². The van der Waals surface area contributed by atoms with Crippen LogP contribution in [0.3, 0.4) is 0 Å². The summed E-state index contributed by atoms with van der Waals surface area (Å²) in [6, 6.07) is 0. The minimum absolute atomic E-state index is 0.000897. The van der Waals surface area contributed by atoms with E-state index in [1.54, 1.807) is 12.2 Å². The van der Waals surface area contributed by atoms with E-state index in [0.29, 0.717) is 6.42 Å². The Bertz CT molecular complexity index is 739. The van der Waals surface area contributed by atoms with Crippen molar-refractivity contribution in [2.24, 2.45) is 34.5 Å². The molecular formula is C21H28O5. The smallest absolute Gasteiger partial charge is 0.336 e. The molecule has 5 nitrogen and oxygen atoms in total. The molecular weight excluding hydrogens is 332 g/mol. The van der Waals surface area contributed by atoms with Gasteiger partial charge in [0.05, 0.1) is 6.10 Å². The van der Waals surface area contributed by atoms with Crippen LogP contribution in [-0.2, 0) is 9.59 Å². The van der Waals surface area contributed by atoms with Gasteiger partial charge in [-0.3, -0.25) is 4.79 Å². The van der Waals surface area contributed by atoms with Gasteiger partial charge in [0.25, 0.3) is 0 Å². The van der Waals surface area contributed by atoms with E-state index in [2.05, 4.69) is 13.8 Å². The highest BCUT2D eigenvalue weighted by Gasteiger charge is 2.69. The van der Waals surface area contributed by atoms with Crippen molar-refractivity contribution < 1.29 is 24.9 Å². The van der Waals surface area contributed by atoms with Gasteiger partial charge in [0.2, 0.25) is 0 Å². The normalized spacial score (nSPS) is 52.7. The van der Waals surface area contributed by atoms with E-state index in [0.717, 1.165) is 12.0 Å². The summed E-state index contributed by atoms with van der Waals surface area (Å²) in [6.07, 6.45) is 6.57. The van der Waals surface area contributed by atoms with Crippen molar-refractivity contribution in [3.8, 4) is 0 Å². The van der Waals surface area contributed by atoms with E-state index in [1.165, 1.54) is 0 Å². The Hall–Kier alpha value is -1.46. The first-order valence-corrected chi connectivity index (χ1v) is 9.64. The highest BCUT2D eigenvalue weighted by molar-refractivity contribution is 6.01. The molecule has 3 fully saturated rings. The summed E-state index contributed by atoms with van der Waals surface area (Å²) in [7, 11) is 0. The van der Waals surface area contributed by atoms with Gasteiger partial charge in [-0.15, -0.1) is 0 Å². The van der Waals surface area contributed by atoms with Crippen LogP contribution in [0.4, 0.5) is 0 Å². The van der Waals surface area contributed by atoms with Crippen LogP contribution >= 0.6 is 0 Å². The van der Waals surface area contributed by atoms with Crippen molar-refractivity contribution in [3.05, 3.63) is 23.8 Å². The lowest BCUT2D eigenvalue weighted by Gasteiger charge is -2.60. The van der Waals surface area contributed by atoms with E-state index in [9.17, 15) is 24.9 Å². The molecule has 0 aromatic rings. The monoisotopic (exact) mass is 360 g/mol. The summed E-state index contributed by atoms with van der Waals surface area (Å²) in [4.78, 5) is 23.8. The first kappa shape index (κ1) is 17.9. The average Bonchev–Trinajstić information content (AvgIpc) is 2.81. The molecule has 0 spiro atoms. The van der Waals surface area contributed by atoms with Crippen LogP contribution in [0.5, 0.6) is 0 Å². The quantitative estimate of drug-likeness (QED) is 0.667. The Morgan fingerprint density at radius 3 is 2.65 bits per heavy atom. The van der Waals surface area contributed by atoms with E-state index in [-0.39, 0.29) is 47.7 Å².